The number of guanidine groups is 1. The zero-order valence-corrected chi connectivity index (χ0v) is 12.3. The molecule has 1 amide bonds. The van der Waals surface area contributed by atoms with Gasteiger partial charge in [0, 0.05) is 6.04 Å². The Morgan fingerprint density at radius 3 is 2.16 bits per heavy atom. The first-order valence-corrected chi connectivity index (χ1v) is 6.55. The maximum Gasteiger partial charge on any atom is 0.233 e. The number of benzene rings is 1. The van der Waals surface area contributed by atoms with Gasteiger partial charge in [0.15, 0.2) is 5.96 Å². The van der Waals surface area contributed by atoms with Crippen molar-refractivity contribution in [2.45, 2.75) is 46.6 Å². The molecule has 1 atom stereocenters. The topological polar surface area (TPSA) is 65.0 Å². The number of hydrogen-bond acceptors (Lipinski definition) is 2. The molecule has 1 aromatic rings. The normalized spacial score (nSPS) is 12.1. The highest BCUT2D eigenvalue weighted by Crippen LogP contribution is 2.23. The molecule has 0 aliphatic carbocycles. The van der Waals surface area contributed by atoms with Crippen LogP contribution in [0.3, 0.4) is 0 Å². The molecule has 0 aromatic heterocycles. The molecular formula is C15H23N3O. The van der Waals surface area contributed by atoms with E-state index in [0.29, 0.717) is 0 Å². The molecule has 0 bridgehead atoms. The molecule has 104 valence electrons. The molecule has 0 spiro atoms. The van der Waals surface area contributed by atoms with Gasteiger partial charge in [0.2, 0.25) is 5.91 Å². The Kier molecular flexibility index (Phi) is 5.10. The molecule has 0 saturated heterocycles. The van der Waals surface area contributed by atoms with Crippen molar-refractivity contribution in [3.8, 4) is 0 Å². The molecular weight excluding hydrogens is 238 g/mol. The van der Waals surface area contributed by atoms with Crippen molar-refractivity contribution in [3.05, 3.63) is 34.9 Å². The summed E-state index contributed by atoms with van der Waals surface area (Å²) in [6, 6.07) is 6.12. The first-order chi connectivity index (χ1) is 8.82. The van der Waals surface area contributed by atoms with Gasteiger partial charge in [0.05, 0.1) is 5.92 Å². The molecule has 4 nitrogen and oxygen atoms in total. The molecule has 0 heterocycles. The SMILES string of the molecule is Cc1cccc(C)c1C(C)C(=O)NC(=N)NC(C)C. The zero-order chi connectivity index (χ0) is 14.6. The minimum atomic E-state index is -0.268. The third-order valence-corrected chi connectivity index (χ3v) is 3.05. The third-order valence-electron chi connectivity index (χ3n) is 3.05. The van der Waals surface area contributed by atoms with Crippen molar-refractivity contribution in [2.24, 2.45) is 0 Å². The van der Waals surface area contributed by atoms with E-state index in [1.807, 2.05) is 52.8 Å². The van der Waals surface area contributed by atoms with Crippen LogP contribution in [0.4, 0.5) is 0 Å². The van der Waals surface area contributed by atoms with E-state index >= 15 is 0 Å². The van der Waals surface area contributed by atoms with E-state index in [4.69, 9.17) is 5.41 Å². The first-order valence-electron chi connectivity index (χ1n) is 6.55. The fourth-order valence-corrected chi connectivity index (χ4v) is 2.20. The van der Waals surface area contributed by atoms with Crippen LogP contribution in [0.2, 0.25) is 0 Å². The maximum atomic E-state index is 12.1. The Labute approximate surface area is 115 Å². The summed E-state index contributed by atoms with van der Waals surface area (Å²) in [4.78, 5) is 12.1. The second-order valence-corrected chi connectivity index (χ2v) is 5.19. The van der Waals surface area contributed by atoms with Gasteiger partial charge >= 0.3 is 0 Å². The van der Waals surface area contributed by atoms with E-state index in [2.05, 4.69) is 10.6 Å². The molecule has 4 heteroatoms. The number of aryl methyl sites for hydroxylation is 2. The Morgan fingerprint density at radius 1 is 1.16 bits per heavy atom. The predicted molar refractivity (Wildman–Crippen MR) is 78.5 cm³/mol. The monoisotopic (exact) mass is 261 g/mol. The highest BCUT2D eigenvalue weighted by Gasteiger charge is 2.19. The quantitative estimate of drug-likeness (QED) is 0.578. The Hall–Kier alpha value is -1.84. The van der Waals surface area contributed by atoms with Gasteiger partial charge in [-0.3, -0.25) is 15.5 Å². The second-order valence-electron chi connectivity index (χ2n) is 5.19. The summed E-state index contributed by atoms with van der Waals surface area (Å²) in [5, 5.41) is 13.1. The van der Waals surface area contributed by atoms with Crippen molar-refractivity contribution < 1.29 is 4.79 Å². The van der Waals surface area contributed by atoms with Crippen LogP contribution in [0, 0.1) is 19.3 Å². The lowest BCUT2D eigenvalue weighted by atomic mass is 9.91. The van der Waals surface area contributed by atoms with Crippen LogP contribution in [0.5, 0.6) is 0 Å². The van der Waals surface area contributed by atoms with Gasteiger partial charge in [-0.15, -0.1) is 0 Å². The van der Waals surface area contributed by atoms with Gasteiger partial charge in [-0.05, 0) is 51.3 Å². The minimum absolute atomic E-state index is 0.0538. The predicted octanol–water partition coefficient (Wildman–Crippen LogP) is 2.46. The minimum Gasteiger partial charge on any atom is -0.354 e. The van der Waals surface area contributed by atoms with E-state index in [-0.39, 0.29) is 23.8 Å². The zero-order valence-electron chi connectivity index (χ0n) is 12.3. The van der Waals surface area contributed by atoms with Gasteiger partial charge in [-0.25, -0.2) is 0 Å². The Morgan fingerprint density at radius 2 is 1.68 bits per heavy atom. The summed E-state index contributed by atoms with van der Waals surface area (Å²) in [6.45, 7) is 9.73. The largest absolute Gasteiger partial charge is 0.354 e. The third kappa shape index (κ3) is 4.09. The average molecular weight is 261 g/mol. The fourth-order valence-electron chi connectivity index (χ4n) is 2.20. The molecule has 0 fully saturated rings. The van der Waals surface area contributed by atoms with Crippen molar-refractivity contribution in [2.75, 3.05) is 0 Å². The number of rotatable bonds is 3. The lowest BCUT2D eigenvalue weighted by Gasteiger charge is -2.18. The fraction of sp³-hybridized carbons (Fsp3) is 0.467. The van der Waals surface area contributed by atoms with E-state index in [0.717, 1.165) is 16.7 Å². The summed E-state index contributed by atoms with van der Waals surface area (Å²) in [7, 11) is 0. The Bertz CT molecular complexity index is 460. The van der Waals surface area contributed by atoms with E-state index < -0.39 is 0 Å². The Balaban J connectivity index is 2.80. The van der Waals surface area contributed by atoms with Crippen LogP contribution in [0.15, 0.2) is 18.2 Å². The molecule has 0 aliphatic heterocycles. The van der Waals surface area contributed by atoms with Crippen LogP contribution in [-0.2, 0) is 4.79 Å². The van der Waals surface area contributed by atoms with Crippen LogP contribution in [0.25, 0.3) is 0 Å². The number of nitrogens with one attached hydrogen (secondary N) is 3. The molecule has 3 N–H and O–H groups in total. The number of amides is 1. The van der Waals surface area contributed by atoms with Crippen LogP contribution in [-0.4, -0.2) is 17.9 Å². The van der Waals surface area contributed by atoms with Gasteiger partial charge in [-0.2, -0.15) is 0 Å². The van der Waals surface area contributed by atoms with E-state index in [1.54, 1.807) is 0 Å². The first kappa shape index (κ1) is 15.2. The number of hydrogen-bond donors (Lipinski definition) is 3. The van der Waals surface area contributed by atoms with Crippen molar-refractivity contribution in [1.82, 2.24) is 10.6 Å². The van der Waals surface area contributed by atoms with Gasteiger partial charge in [0.1, 0.15) is 0 Å². The highest BCUT2D eigenvalue weighted by atomic mass is 16.2. The van der Waals surface area contributed by atoms with Gasteiger partial charge in [-0.1, -0.05) is 18.2 Å². The molecule has 0 radical (unpaired) electrons. The molecule has 0 aliphatic rings. The van der Waals surface area contributed by atoms with Crippen molar-refractivity contribution in [3.63, 3.8) is 0 Å². The summed E-state index contributed by atoms with van der Waals surface area (Å²) in [6.07, 6.45) is 0. The van der Waals surface area contributed by atoms with E-state index in [1.165, 1.54) is 0 Å². The van der Waals surface area contributed by atoms with Gasteiger partial charge in [0.25, 0.3) is 0 Å². The second kappa shape index (κ2) is 6.36. The number of carbonyl (C=O) groups is 1. The standard InChI is InChI=1S/C15H23N3O/c1-9(2)17-15(16)18-14(19)12(5)13-10(3)7-6-8-11(13)4/h6-9,12H,1-5H3,(H3,16,17,18,19). The molecule has 0 saturated carbocycles. The molecule has 1 rings (SSSR count). The molecule has 1 unspecified atom stereocenters. The van der Waals surface area contributed by atoms with E-state index in [9.17, 15) is 4.79 Å². The van der Waals surface area contributed by atoms with Crippen molar-refractivity contribution in [1.29, 1.82) is 5.41 Å². The van der Waals surface area contributed by atoms with Gasteiger partial charge < -0.3 is 5.32 Å². The average Bonchev–Trinajstić information content (AvgIpc) is 2.26. The lowest BCUT2D eigenvalue weighted by molar-refractivity contribution is -0.120. The number of carbonyl (C=O) groups excluding carboxylic acids is 1. The molecule has 19 heavy (non-hydrogen) atoms. The van der Waals surface area contributed by atoms with Crippen LogP contribution >= 0.6 is 0 Å². The highest BCUT2D eigenvalue weighted by molar-refractivity contribution is 5.98. The summed E-state index contributed by atoms with van der Waals surface area (Å²) < 4.78 is 0. The smallest absolute Gasteiger partial charge is 0.233 e. The van der Waals surface area contributed by atoms with Crippen LogP contribution < -0.4 is 10.6 Å². The summed E-state index contributed by atoms with van der Waals surface area (Å²) in [5.74, 6) is -0.371. The summed E-state index contributed by atoms with van der Waals surface area (Å²) in [5.41, 5.74) is 3.24. The van der Waals surface area contributed by atoms with Crippen molar-refractivity contribution >= 4 is 11.9 Å². The lowest BCUT2D eigenvalue weighted by Crippen LogP contribution is -2.44. The summed E-state index contributed by atoms with van der Waals surface area (Å²) >= 11 is 0. The maximum absolute atomic E-state index is 12.1. The molecule has 1 aromatic carbocycles. The van der Waals surface area contributed by atoms with Crippen LogP contribution in [0.1, 0.15) is 43.4 Å².